The molecule has 1 atom stereocenters. The molecule has 1 aromatic rings. The minimum atomic E-state index is -4.45. The number of hydrogen-bond donors (Lipinski definition) is 2. The molecule has 0 saturated carbocycles. The first-order valence-corrected chi connectivity index (χ1v) is 5.35. The van der Waals surface area contributed by atoms with Gasteiger partial charge in [0.05, 0.1) is 0 Å². The lowest BCUT2D eigenvalue weighted by molar-refractivity contribution is -0.141. The summed E-state index contributed by atoms with van der Waals surface area (Å²) in [6.45, 7) is 2.48. The number of nitrogens with two attached hydrogens (primary N) is 1. The van der Waals surface area contributed by atoms with Crippen molar-refractivity contribution in [1.29, 1.82) is 0 Å². The van der Waals surface area contributed by atoms with E-state index < -0.39 is 11.9 Å². The molecule has 0 aromatic carbocycles. The maximum atomic E-state index is 12.2. The molecular weight excluding hydrogens is 233 g/mol. The second-order valence-electron chi connectivity index (χ2n) is 3.63. The Morgan fingerprint density at radius 1 is 1.35 bits per heavy atom. The fourth-order valence-corrected chi connectivity index (χ4v) is 1.35. The zero-order valence-corrected chi connectivity index (χ0v) is 9.46. The fraction of sp³-hybridized carbons (Fsp3) is 0.600. The highest BCUT2D eigenvalue weighted by molar-refractivity contribution is 5.34. The van der Waals surface area contributed by atoms with Crippen LogP contribution in [0.15, 0.2) is 12.1 Å². The Bertz CT molecular complexity index is 336. The van der Waals surface area contributed by atoms with Crippen LogP contribution in [-0.2, 0) is 6.18 Å². The second-order valence-corrected chi connectivity index (χ2v) is 3.63. The molecule has 0 aliphatic rings. The van der Waals surface area contributed by atoms with E-state index in [1.807, 2.05) is 6.92 Å². The van der Waals surface area contributed by atoms with Crippen molar-refractivity contribution in [2.45, 2.75) is 32.0 Å². The first kappa shape index (κ1) is 13.7. The predicted molar refractivity (Wildman–Crippen MR) is 58.4 cm³/mol. The van der Waals surface area contributed by atoms with Crippen molar-refractivity contribution >= 4 is 5.82 Å². The standard InChI is InChI=1S/C10H15F3N4/c1-2-7(5-6-14)15-9-4-3-8(16-17-9)10(11,12)13/h3-4,7H,2,5-6,14H2,1H3,(H,15,17). The van der Waals surface area contributed by atoms with Gasteiger partial charge in [-0.1, -0.05) is 6.92 Å². The quantitative estimate of drug-likeness (QED) is 0.837. The van der Waals surface area contributed by atoms with Gasteiger partial charge in [-0.05, 0) is 31.5 Å². The van der Waals surface area contributed by atoms with Gasteiger partial charge in [-0.15, -0.1) is 10.2 Å². The van der Waals surface area contributed by atoms with Gasteiger partial charge in [0.15, 0.2) is 5.69 Å². The van der Waals surface area contributed by atoms with E-state index in [-0.39, 0.29) is 6.04 Å². The highest BCUT2D eigenvalue weighted by Gasteiger charge is 2.32. The van der Waals surface area contributed by atoms with E-state index in [2.05, 4.69) is 15.5 Å². The molecule has 0 fully saturated rings. The average molecular weight is 248 g/mol. The Balaban J connectivity index is 2.68. The normalized spacial score (nSPS) is 13.5. The van der Waals surface area contributed by atoms with Crippen molar-refractivity contribution in [2.24, 2.45) is 5.73 Å². The Morgan fingerprint density at radius 3 is 2.47 bits per heavy atom. The maximum absolute atomic E-state index is 12.2. The van der Waals surface area contributed by atoms with E-state index in [1.54, 1.807) is 0 Å². The van der Waals surface area contributed by atoms with Crippen LogP contribution in [0, 0.1) is 0 Å². The summed E-state index contributed by atoms with van der Waals surface area (Å²) >= 11 is 0. The summed E-state index contributed by atoms with van der Waals surface area (Å²) in [5, 5.41) is 9.61. The van der Waals surface area contributed by atoms with Gasteiger partial charge in [-0.25, -0.2) is 0 Å². The van der Waals surface area contributed by atoms with Crippen LogP contribution in [0.4, 0.5) is 19.0 Å². The summed E-state index contributed by atoms with van der Waals surface area (Å²) in [6.07, 6.45) is -2.90. The molecular formula is C10H15F3N4. The van der Waals surface area contributed by atoms with Crippen molar-refractivity contribution in [1.82, 2.24) is 10.2 Å². The number of rotatable bonds is 5. The lowest BCUT2D eigenvalue weighted by atomic mass is 10.1. The van der Waals surface area contributed by atoms with Gasteiger partial charge in [-0.3, -0.25) is 0 Å². The molecule has 4 nitrogen and oxygen atoms in total. The molecule has 0 radical (unpaired) electrons. The largest absolute Gasteiger partial charge is 0.435 e. The number of alkyl halides is 3. The number of aromatic nitrogens is 2. The van der Waals surface area contributed by atoms with Crippen LogP contribution >= 0.6 is 0 Å². The third-order valence-corrected chi connectivity index (χ3v) is 2.31. The molecule has 1 heterocycles. The number of nitrogens with one attached hydrogen (secondary N) is 1. The SMILES string of the molecule is CCC(CCN)Nc1ccc(C(F)(F)F)nn1. The Kier molecular flexibility index (Phi) is 4.68. The lowest BCUT2D eigenvalue weighted by Crippen LogP contribution is -2.23. The van der Waals surface area contributed by atoms with Gasteiger partial charge >= 0.3 is 6.18 Å². The summed E-state index contributed by atoms with van der Waals surface area (Å²) in [5.41, 5.74) is 4.42. The Morgan fingerprint density at radius 2 is 2.06 bits per heavy atom. The third-order valence-electron chi connectivity index (χ3n) is 2.31. The molecule has 7 heteroatoms. The summed E-state index contributed by atoms with van der Waals surface area (Å²) in [7, 11) is 0. The zero-order chi connectivity index (χ0) is 12.9. The molecule has 1 rings (SSSR count). The summed E-state index contributed by atoms with van der Waals surface area (Å²) in [6, 6.07) is 2.28. The molecule has 1 aromatic heterocycles. The maximum Gasteiger partial charge on any atom is 0.435 e. The molecule has 0 bridgehead atoms. The summed E-state index contributed by atoms with van der Waals surface area (Å²) < 4.78 is 36.7. The van der Waals surface area contributed by atoms with Crippen molar-refractivity contribution in [3.05, 3.63) is 17.8 Å². The minimum Gasteiger partial charge on any atom is -0.366 e. The number of nitrogens with zero attached hydrogens (tertiary/aromatic N) is 2. The molecule has 0 spiro atoms. The molecule has 0 aliphatic heterocycles. The molecule has 17 heavy (non-hydrogen) atoms. The second kappa shape index (κ2) is 5.81. The van der Waals surface area contributed by atoms with Crippen LogP contribution in [0.2, 0.25) is 0 Å². The highest BCUT2D eigenvalue weighted by atomic mass is 19.4. The van der Waals surface area contributed by atoms with E-state index in [0.717, 1.165) is 18.9 Å². The van der Waals surface area contributed by atoms with Crippen LogP contribution in [0.5, 0.6) is 0 Å². The predicted octanol–water partition coefficient (Wildman–Crippen LogP) is 2.03. The van der Waals surface area contributed by atoms with Gasteiger partial charge in [0.2, 0.25) is 0 Å². The van der Waals surface area contributed by atoms with Crippen LogP contribution in [0.3, 0.4) is 0 Å². The highest BCUT2D eigenvalue weighted by Crippen LogP contribution is 2.27. The molecule has 96 valence electrons. The first-order chi connectivity index (χ1) is 7.97. The first-order valence-electron chi connectivity index (χ1n) is 5.35. The molecule has 3 N–H and O–H groups in total. The van der Waals surface area contributed by atoms with Crippen LogP contribution < -0.4 is 11.1 Å². The Hall–Kier alpha value is -1.37. The van der Waals surface area contributed by atoms with Crippen molar-refractivity contribution < 1.29 is 13.2 Å². The van der Waals surface area contributed by atoms with Gasteiger partial charge in [-0.2, -0.15) is 13.2 Å². The van der Waals surface area contributed by atoms with Gasteiger partial charge < -0.3 is 11.1 Å². The number of halogens is 3. The smallest absolute Gasteiger partial charge is 0.366 e. The monoisotopic (exact) mass is 248 g/mol. The third kappa shape index (κ3) is 4.18. The minimum absolute atomic E-state index is 0.103. The number of hydrogen-bond acceptors (Lipinski definition) is 4. The van der Waals surface area contributed by atoms with Crippen LogP contribution in [0.1, 0.15) is 25.5 Å². The molecule has 0 aliphatic carbocycles. The van der Waals surface area contributed by atoms with Crippen molar-refractivity contribution in [3.8, 4) is 0 Å². The molecule has 0 amide bonds. The van der Waals surface area contributed by atoms with Crippen LogP contribution in [-0.4, -0.2) is 22.8 Å². The summed E-state index contributed by atoms with van der Waals surface area (Å²) in [4.78, 5) is 0. The summed E-state index contributed by atoms with van der Waals surface area (Å²) in [5.74, 6) is 0.332. The van der Waals surface area contributed by atoms with E-state index in [4.69, 9.17) is 5.73 Å². The van der Waals surface area contributed by atoms with E-state index in [0.29, 0.717) is 12.4 Å². The van der Waals surface area contributed by atoms with E-state index in [1.165, 1.54) is 6.07 Å². The average Bonchev–Trinajstić information content (AvgIpc) is 2.28. The van der Waals surface area contributed by atoms with Crippen molar-refractivity contribution in [2.75, 3.05) is 11.9 Å². The molecule has 0 saturated heterocycles. The topological polar surface area (TPSA) is 63.8 Å². The van der Waals surface area contributed by atoms with Gasteiger partial charge in [0.1, 0.15) is 5.82 Å². The van der Waals surface area contributed by atoms with Crippen LogP contribution in [0.25, 0.3) is 0 Å². The lowest BCUT2D eigenvalue weighted by Gasteiger charge is -2.16. The van der Waals surface area contributed by atoms with Crippen molar-refractivity contribution in [3.63, 3.8) is 0 Å². The zero-order valence-electron chi connectivity index (χ0n) is 9.46. The van der Waals surface area contributed by atoms with Gasteiger partial charge in [0, 0.05) is 6.04 Å². The Labute approximate surface area is 97.4 Å². The number of anilines is 1. The van der Waals surface area contributed by atoms with E-state index >= 15 is 0 Å². The molecule has 1 unspecified atom stereocenters. The fourth-order valence-electron chi connectivity index (χ4n) is 1.35. The van der Waals surface area contributed by atoms with Gasteiger partial charge in [0.25, 0.3) is 0 Å². The van der Waals surface area contributed by atoms with E-state index in [9.17, 15) is 13.2 Å².